The van der Waals surface area contributed by atoms with Gasteiger partial charge in [0.25, 0.3) is 6.01 Å². The summed E-state index contributed by atoms with van der Waals surface area (Å²) < 4.78 is 10.1. The molecule has 0 unspecified atom stereocenters. The molecule has 0 aliphatic carbocycles. The molecule has 2 aromatic heterocycles. The molecule has 4 aromatic carbocycles. The fraction of sp³-hybridized carbons (Fsp3) is 0.250. The molecule has 2 heterocycles. The molecule has 0 radical (unpaired) electrons. The van der Waals surface area contributed by atoms with Crippen molar-refractivity contribution in [1.29, 1.82) is 0 Å². The van der Waals surface area contributed by atoms with Crippen molar-refractivity contribution in [2.24, 2.45) is 7.05 Å². The average molecular weight is 803 g/mol. The van der Waals surface area contributed by atoms with Gasteiger partial charge in [-0.25, -0.2) is 4.98 Å². The zero-order valence-corrected chi connectivity index (χ0v) is 30.3. The second-order valence-electron chi connectivity index (χ2n) is 12.6. The summed E-state index contributed by atoms with van der Waals surface area (Å²) in [6.07, 6.45) is 7.65. The van der Waals surface area contributed by atoms with Crippen LogP contribution in [0.2, 0.25) is 0 Å². The Morgan fingerprint density at radius 3 is 2.02 bits per heavy atom. The van der Waals surface area contributed by atoms with Crippen LogP contribution in [0.5, 0.6) is 11.8 Å². The Morgan fingerprint density at radius 2 is 1.40 bits per heavy atom. The number of para-hydroxylation sites is 1. The number of nitrogens with zero attached hydrogens (tertiary/aromatic N) is 5. The number of hydrogen-bond acceptors (Lipinski definition) is 4. The summed E-state index contributed by atoms with van der Waals surface area (Å²) in [7, 11) is 1.90. The van der Waals surface area contributed by atoms with E-state index in [0.717, 1.165) is 28.3 Å². The largest absolute Gasteiger partial charge is 2.00 e. The van der Waals surface area contributed by atoms with Crippen LogP contribution in [0.3, 0.4) is 0 Å². The Bertz CT molecular complexity index is 1910. The molecule has 0 saturated carbocycles. The Morgan fingerprint density at radius 1 is 0.745 bits per heavy atom. The SMILES string of the molecule is CC(C)c1cc(C(C)C)c(-n2cnc(-c3[c-]c(N(c4[c-]c(Oc5nccn5C)ccc4)c4ccccc4)ccc3)c2)c(C(C)C)c1.[Pt+2]. The van der Waals surface area contributed by atoms with Crippen molar-refractivity contribution < 1.29 is 25.8 Å². The maximum absolute atomic E-state index is 6.07. The van der Waals surface area contributed by atoms with Gasteiger partial charge < -0.3 is 18.8 Å². The first-order valence-electron chi connectivity index (χ1n) is 16.0. The molecule has 6 aromatic rings. The second kappa shape index (κ2) is 14.6. The van der Waals surface area contributed by atoms with Crippen LogP contribution in [0.15, 0.2) is 104 Å². The van der Waals surface area contributed by atoms with E-state index in [1.807, 2.05) is 60.5 Å². The molecule has 0 spiro atoms. The second-order valence-corrected chi connectivity index (χ2v) is 12.6. The van der Waals surface area contributed by atoms with E-state index in [2.05, 4.69) is 117 Å². The Balaban J connectivity index is 0.00000433. The molecule has 6 nitrogen and oxygen atoms in total. The van der Waals surface area contributed by atoms with E-state index in [4.69, 9.17) is 9.72 Å². The summed E-state index contributed by atoms with van der Waals surface area (Å²) in [4.78, 5) is 11.3. The summed E-state index contributed by atoms with van der Waals surface area (Å²) in [5, 5.41) is 0. The van der Waals surface area contributed by atoms with E-state index in [1.165, 1.54) is 22.4 Å². The van der Waals surface area contributed by atoms with Gasteiger partial charge in [-0.2, -0.15) is 6.07 Å². The fourth-order valence-corrected chi connectivity index (χ4v) is 5.70. The number of aryl methyl sites for hydroxylation is 1. The van der Waals surface area contributed by atoms with Crippen molar-refractivity contribution in [3.8, 4) is 28.7 Å². The summed E-state index contributed by atoms with van der Waals surface area (Å²) in [5.74, 6) is 1.79. The monoisotopic (exact) mass is 802 g/mol. The van der Waals surface area contributed by atoms with Gasteiger partial charge >= 0.3 is 21.1 Å². The minimum absolute atomic E-state index is 0. The van der Waals surface area contributed by atoms with E-state index in [-0.39, 0.29) is 21.1 Å². The van der Waals surface area contributed by atoms with Gasteiger partial charge in [-0.3, -0.25) is 4.98 Å². The maximum Gasteiger partial charge on any atom is 2.00 e. The van der Waals surface area contributed by atoms with Crippen LogP contribution in [0.1, 0.15) is 76.0 Å². The van der Waals surface area contributed by atoms with Gasteiger partial charge in [0.15, 0.2) is 0 Å². The van der Waals surface area contributed by atoms with E-state index in [0.29, 0.717) is 29.5 Å². The molecular formula is C40H41N5OPt. The van der Waals surface area contributed by atoms with E-state index < -0.39 is 0 Å². The number of imidazole rings is 2. The third kappa shape index (κ3) is 7.29. The molecule has 0 aliphatic heterocycles. The molecule has 242 valence electrons. The van der Waals surface area contributed by atoms with Gasteiger partial charge in [-0.15, -0.1) is 48.0 Å². The van der Waals surface area contributed by atoms with Crippen LogP contribution in [0.25, 0.3) is 16.9 Å². The predicted octanol–water partition coefficient (Wildman–Crippen LogP) is 10.5. The van der Waals surface area contributed by atoms with Gasteiger partial charge in [-0.1, -0.05) is 77.6 Å². The molecule has 0 amide bonds. The van der Waals surface area contributed by atoms with Gasteiger partial charge in [0.2, 0.25) is 0 Å². The van der Waals surface area contributed by atoms with Crippen molar-refractivity contribution in [2.45, 2.75) is 59.3 Å². The van der Waals surface area contributed by atoms with Crippen LogP contribution in [-0.2, 0) is 28.1 Å². The number of rotatable bonds is 10. The third-order valence-corrected chi connectivity index (χ3v) is 8.23. The molecule has 0 bridgehead atoms. The van der Waals surface area contributed by atoms with Crippen LogP contribution in [-0.4, -0.2) is 19.1 Å². The minimum atomic E-state index is 0. The smallest absolute Gasteiger partial charge is 0.453 e. The molecule has 0 N–H and O–H groups in total. The third-order valence-electron chi connectivity index (χ3n) is 8.23. The van der Waals surface area contributed by atoms with Crippen molar-refractivity contribution in [2.75, 3.05) is 4.90 Å². The predicted molar refractivity (Wildman–Crippen MR) is 187 cm³/mol. The number of hydrogen-bond donors (Lipinski definition) is 0. The Labute approximate surface area is 293 Å². The van der Waals surface area contributed by atoms with E-state index in [1.54, 1.807) is 6.20 Å². The average Bonchev–Trinajstić information content (AvgIpc) is 3.70. The van der Waals surface area contributed by atoms with Crippen molar-refractivity contribution in [1.82, 2.24) is 19.1 Å². The summed E-state index contributed by atoms with van der Waals surface area (Å²) in [6.45, 7) is 13.6. The van der Waals surface area contributed by atoms with Crippen molar-refractivity contribution >= 4 is 17.1 Å². The molecular weight excluding hydrogens is 762 g/mol. The molecule has 7 heteroatoms. The van der Waals surface area contributed by atoms with Crippen LogP contribution in [0, 0.1) is 12.1 Å². The molecule has 0 atom stereocenters. The molecule has 0 saturated heterocycles. The number of aromatic nitrogens is 4. The van der Waals surface area contributed by atoms with Crippen LogP contribution < -0.4 is 9.64 Å². The zero-order valence-electron chi connectivity index (χ0n) is 28.0. The quantitative estimate of drug-likeness (QED) is 0.130. The van der Waals surface area contributed by atoms with Gasteiger partial charge in [0.1, 0.15) is 0 Å². The van der Waals surface area contributed by atoms with E-state index >= 15 is 0 Å². The first-order chi connectivity index (χ1) is 22.2. The maximum atomic E-state index is 6.07. The fourth-order valence-electron chi connectivity index (χ4n) is 5.70. The summed E-state index contributed by atoms with van der Waals surface area (Å²) >= 11 is 0. The minimum Gasteiger partial charge on any atom is -0.453 e. The number of anilines is 3. The Hall–Kier alpha value is -4.41. The summed E-state index contributed by atoms with van der Waals surface area (Å²) in [6, 6.07) is 34.7. The number of ether oxygens (including phenoxy) is 1. The van der Waals surface area contributed by atoms with Gasteiger partial charge in [0.05, 0.1) is 12.0 Å². The van der Waals surface area contributed by atoms with Crippen molar-refractivity contribution in [3.63, 3.8) is 0 Å². The van der Waals surface area contributed by atoms with E-state index in [9.17, 15) is 0 Å². The number of benzene rings is 4. The zero-order chi connectivity index (χ0) is 32.4. The standard InChI is InChI=1S/C40H41N5O.Pt/c1-27(2)31-22-36(28(3)4)39(37(23-31)29(5)6)44-25-38(42-26-44)30-13-11-16-33(21-30)45(32-14-9-8-10-15-32)34-17-12-18-35(24-34)46-40-41-19-20-43(40)7;/h8-20,22-23,25-29H,1-7H3;/q-2;+2. The Kier molecular flexibility index (Phi) is 10.5. The van der Waals surface area contributed by atoms with Gasteiger partial charge in [0, 0.05) is 36.6 Å². The molecule has 6 rings (SSSR count). The molecule has 47 heavy (non-hydrogen) atoms. The van der Waals surface area contributed by atoms with Gasteiger partial charge in [-0.05, 0) is 58.5 Å². The molecule has 0 aliphatic rings. The first-order valence-corrected chi connectivity index (χ1v) is 16.0. The van der Waals surface area contributed by atoms with Crippen LogP contribution in [0.4, 0.5) is 17.1 Å². The normalized spacial score (nSPS) is 11.3. The topological polar surface area (TPSA) is 48.1 Å². The molecule has 0 fully saturated rings. The first kappa shape index (κ1) is 33.9. The van der Waals surface area contributed by atoms with Crippen molar-refractivity contribution in [3.05, 3.63) is 133 Å². The van der Waals surface area contributed by atoms with Crippen LogP contribution >= 0.6 is 0 Å². The summed E-state index contributed by atoms with van der Waals surface area (Å²) in [5.41, 5.74) is 9.75.